The molecule has 2 N–H and O–H groups in total. The number of fused-ring (bicyclic) bond motifs is 1. The summed E-state index contributed by atoms with van der Waals surface area (Å²) in [5.74, 6) is -0.395. The van der Waals surface area contributed by atoms with Gasteiger partial charge in [-0.05, 0) is 54.9 Å². The lowest BCUT2D eigenvalue weighted by Crippen LogP contribution is -2.18. The molecule has 0 fully saturated rings. The number of hydrogen-bond acceptors (Lipinski definition) is 5. The Labute approximate surface area is 188 Å². The lowest BCUT2D eigenvalue weighted by molar-refractivity contribution is 0.103. The van der Waals surface area contributed by atoms with E-state index in [4.69, 9.17) is 24.8 Å². The van der Waals surface area contributed by atoms with Crippen LogP contribution in [0.25, 0.3) is 11.0 Å². The second-order valence-corrected chi connectivity index (χ2v) is 7.49. The van der Waals surface area contributed by atoms with E-state index in [1.165, 1.54) is 19.2 Å². The van der Waals surface area contributed by atoms with E-state index in [1.807, 2.05) is 20.8 Å². The Morgan fingerprint density at radius 3 is 2.14 bits per heavy atom. The lowest BCUT2D eigenvalue weighted by atomic mass is 9.81. The van der Waals surface area contributed by atoms with Crippen LogP contribution in [0.4, 0.5) is 0 Å². The van der Waals surface area contributed by atoms with E-state index in [0.717, 1.165) is 0 Å². The molecule has 3 aromatic rings. The van der Waals surface area contributed by atoms with Gasteiger partial charge in [0.15, 0.2) is 17.3 Å². The van der Waals surface area contributed by atoms with Crippen molar-refractivity contribution in [2.24, 2.45) is 0 Å². The van der Waals surface area contributed by atoms with Crippen molar-refractivity contribution in [1.29, 1.82) is 0 Å². The van der Waals surface area contributed by atoms with Gasteiger partial charge in [-0.2, -0.15) is 0 Å². The Bertz CT molecular complexity index is 1070. The van der Waals surface area contributed by atoms with E-state index in [1.54, 1.807) is 0 Å². The third kappa shape index (κ3) is 3.94. The van der Waals surface area contributed by atoms with Crippen molar-refractivity contribution in [3.63, 3.8) is 0 Å². The van der Waals surface area contributed by atoms with E-state index in [9.17, 15) is 15.0 Å². The first kappa shape index (κ1) is 23.4. The van der Waals surface area contributed by atoms with Crippen LogP contribution in [0.2, 0.25) is 0 Å². The molecule has 0 saturated heterocycles. The van der Waals surface area contributed by atoms with Crippen LogP contribution in [-0.2, 0) is 6.42 Å². The highest BCUT2D eigenvalue weighted by Gasteiger charge is 2.27. The number of halogens is 2. The topological polar surface area (TPSA) is 79.9 Å². The first-order valence-electron chi connectivity index (χ1n) is 8.84. The summed E-state index contributed by atoms with van der Waals surface area (Å²) in [6, 6.07) is 2.98. The number of phenolic OH excluding ortho intramolecular Hbond substituents is 2. The fourth-order valence-electron chi connectivity index (χ4n) is 2.93. The number of ketones is 1. The van der Waals surface area contributed by atoms with Gasteiger partial charge >= 0.3 is 0 Å². The van der Waals surface area contributed by atoms with Crippen molar-refractivity contribution in [2.45, 2.75) is 27.2 Å². The molecule has 3 rings (SSSR count). The van der Waals surface area contributed by atoms with Crippen molar-refractivity contribution in [3.05, 3.63) is 38.0 Å². The molecule has 9 heteroatoms. The maximum absolute atomic E-state index is 13.3. The minimum atomic E-state index is -0.386. The van der Waals surface area contributed by atoms with Crippen molar-refractivity contribution in [2.75, 3.05) is 7.11 Å². The maximum atomic E-state index is 13.3. The molecule has 0 aliphatic heterocycles. The summed E-state index contributed by atoms with van der Waals surface area (Å²) in [5, 5.41) is 20.4. The van der Waals surface area contributed by atoms with Crippen molar-refractivity contribution in [3.8, 4) is 17.2 Å². The molecule has 4 radical (unpaired) electrons. The standard InChI is InChI=1S/C18H12B2Br2O5.C2H6/c1-3-9-10(14(23)6-4-7(21)15(24)8(22)5-6)11-12(19)16(25)18(26-2)13(20)17(11)27-9;1-2/h4-5,24-25H,3H2,1-2H3;1-2H3. The molecule has 5 nitrogen and oxygen atoms in total. The summed E-state index contributed by atoms with van der Waals surface area (Å²) in [5.41, 5.74) is 0.677. The van der Waals surface area contributed by atoms with E-state index < -0.39 is 0 Å². The van der Waals surface area contributed by atoms with Crippen molar-refractivity contribution in [1.82, 2.24) is 0 Å². The molecule has 0 saturated carbocycles. The molecule has 0 aliphatic carbocycles. The first-order chi connectivity index (χ1) is 13.7. The Morgan fingerprint density at radius 2 is 1.66 bits per heavy atom. The van der Waals surface area contributed by atoms with Gasteiger partial charge in [0.2, 0.25) is 0 Å². The summed E-state index contributed by atoms with van der Waals surface area (Å²) >= 11 is 6.43. The van der Waals surface area contributed by atoms with E-state index in [0.29, 0.717) is 21.1 Å². The van der Waals surface area contributed by atoms with Crippen LogP contribution in [0.3, 0.4) is 0 Å². The Kier molecular flexibility index (Phi) is 7.51. The molecule has 0 unspecified atom stereocenters. The van der Waals surface area contributed by atoms with Gasteiger partial charge in [-0.25, -0.2) is 0 Å². The van der Waals surface area contributed by atoms with Crippen LogP contribution in [0.1, 0.15) is 42.5 Å². The molecule has 0 bridgehead atoms. The number of aryl methyl sites for hydroxylation is 1. The average molecular weight is 520 g/mol. The van der Waals surface area contributed by atoms with Gasteiger partial charge < -0.3 is 19.4 Å². The predicted octanol–water partition coefficient (Wildman–Crippen LogP) is 3.78. The number of ether oxygens (including phenoxy) is 1. The maximum Gasteiger partial charge on any atom is 0.197 e. The minimum absolute atomic E-state index is 0.00877. The molecular weight excluding hydrogens is 502 g/mol. The lowest BCUT2D eigenvalue weighted by Gasteiger charge is -2.12. The molecule has 1 heterocycles. The summed E-state index contributed by atoms with van der Waals surface area (Å²) in [4.78, 5) is 13.3. The highest BCUT2D eigenvalue weighted by Crippen LogP contribution is 2.36. The quantitative estimate of drug-likeness (QED) is 0.405. The number of hydrogen-bond donors (Lipinski definition) is 2. The highest BCUT2D eigenvalue weighted by atomic mass is 79.9. The van der Waals surface area contributed by atoms with Gasteiger partial charge in [0, 0.05) is 17.4 Å². The fraction of sp³-hybridized carbons (Fsp3) is 0.250. The van der Waals surface area contributed by atoms with Crippen LogP contribution in [0.5, 0.6) is 17.2 Å². The first-order valence-corrected chi connectivity index (χ1v) is 10.4. The monoisotopic (exact) mass is 518 g/mol. The molecule has 29 heavy (non-hydrogen) atoms. The fourth-order valence-corrected chi connectivity index (χ4v) is 4.12. The number of carbonyl (C=O) groups excluding carboxylic acids is 1. The van der Waals surface area contributed by atoms with E-state index >= 15 is 0 Å². The largest absolute Gasteiger partial charge is 0.506 e. The van der Waals surface area contributed by atoms with Crippen LogP contribution < -0.4 is 15.7 Å². The van der Waals surface area contributed by atoms with Crippen molar-refractivity contribution >= 4 is 75.2 Å². The van der Waals surface area contributed by atoms with E-state index in [-0.39, 0.29) is 56.1 Å². The summed E-state index contributed by atoms with van der Waals surface area (Å²) in [6.07, 6.45) is 0.401. The van der Waals surface area contributed by atoms with Gasteiger partial charge in [0.25, 0.3) is 0 Å². The Hall–Kier alpha value is -1.86. The predicted molar refractivity (Wildman–Crippen MR) is 123 cm³/mol. The Balaban J connectivity index is 0.00000145. The molecular formula is C20H18B2Br2O5. The highest BCUT2D eigenvalue weighted by molar-refractivity contribution is 9.11. The smallest absolute Gasteiger partial charge is 0.197 e. The number of methoxy groups -OCH3 is 1. The number of phenols is 2. The van der Waals surface area contributed by atoms with Crippen molar-refractivity contribution < 1.29 is 24.2 Å². The average Bonchev–Trinajstić information content (AvgIpc) is 3.11. The second-order valence-electron chi connectivity index (χ2n) is 5.78. The number of furan rings is 1. The van der Waals surface area contributed by atoms with Crippen LogP contribution in [0.15, 0.2) is 25.5 Å². The van der Waals surface area contributed by atoms with Gasteiger partial charge in [-0.1, -0.05) is 20.8 Å². The molecule has 2 aromatic carbocycles. The second kappa shape index (κ2) is 9.30. The summed E-state index contributed by atoms with van der Waals surface area (Å²) in [7, 11) is 13.5. The van der Waals surface area contributed by atoms with E-state index in [2.05, 4.69) is 31.9 Å². The third-order valence-electron chi connectivity index (χ3n) is 4.24. The zero-order chi connectivity index (χ0) is 22.0. The van der Waals surface area contributed by atoms with Gasteiger partial charge in [0.05, 0.1) is 21.6 Å². The zero-order valence-corrected chi connectivity index (χ0v) is 19.6. The summed E-state index contributed by atoms with van der Waals surface area (Å²) in [6.45, 7) is 5.82. The molecule has 148 valence electrons. The molecule has 0 aliphatic rings. The Morgan fingerprint density at radius 1 is 1.10 bits per heavy atom. The molecule has 0 spiro atoms. The van der Waals surface area contributed by atoms with Gasteiger partial charge in [0.1, 0.15) is 32.8 Å². The van der Waals surface area contributed by atoms with Gasteiger partial charge in [-0.15, -0.1) is 0 Å². The number of aromatic hydroxyl groups is 2. The SMILES string of the molecule is CC.[B]c1c(OC)c(O)c([B])c2c(C(=O)c3cc(Br)c(O)c(Br)c3)c(CC)oc12. The van der Waals surface area contributed by atoms with Crippen LogP contribution in [0, 0.1) is 0 Å². The third-order valence-corrected chi connectivity index (χ3v) is 5.45. The van der Waals surface area contributed by atoms with Gasteiger partial charge in [-0.3, -0.25) is 4.79 Å². The molecule has 0 atom stereocenters. The number of rotatable bonds is 4. The number of carbonyl (C=O) groups is 1. The summed E-state index contributed by atoms with van der Waals surface area (Å²) < 4.78 is 11.6. The van der Waals surface area contributed by atoms with Crippen LogP contribution >= 0.6 is 31.9 Å². The molecule has 1 aromatic heterocycles. The zero-order valence-electron chi connectivity index (χ0n) is 16.4. The molecule has 0 amide bonds. The normalized spacial score (nSPS) is 10.6. The number of benzene rings is 2. The van der Waals surface area contributed by atoms with Crippen LogP contribution in [-0.4, -0.2) is 38.8 Å². The minimum Gasteiger partial charge on any atom is -0.506 e.